The van der Waals surface area contributed by atoms with Crippen LogP contribution in [0, 0.1) is 5.92 Å². The number of nitrogens with two attached hydrogens (primary N) is 3. The fourth-order valence-corrected chi connectivity index (χ4v) is 3.71. The zero-order valence-corrected chi connectivity index (χ0v) is 22.5. The Kier molecular flexibility index (Phi) is 16.0. The lowest BCUT2D eigenvalue weighted by molar-refractivity contribution is -0.223. The quantitative estimate of drug-likeness (QED) is 0.0744. The van der Waals surface area contributed by atoms with Crippen molar-refractivity contribution in [3.05, 3.63) is 60.4 Å². The lowest BCUT2D eigenvalue weighted by Crippen LogP contribution is -2.48. The number of carbonyl (C=O) groups is 1. The SMILES string of the molecule is C=C/C(=C\C=C\N(N)/C=N\N)CC(=O)N1CCN(CCC(/C=C\C(C)CO)=C/CCC(ON)C(F)(F)F)CC1. The Bertz CT molecular complexity index is 896. The molecule has 0 bridgehead atoms. The maximum Gasteiger partial charge on any atom is 0.416 e. The van der Waals surface area contributed by atoms with Gasteiger partial charge < -0.3 is 15.8 Å². The maximum atomic E-state index is 12.9. The van der Waals surface area contributed by atoms with Gasteiger partial charge in [0.15, 0.2) is 6.10 Å². The number of carbonyl (C=O) groups excluding carboxylic acids is 1. The molecule has 1 amide bonds. The predicted molar refractivity (Wildman–Crippen MR) is 146 cm³/mol. The van der Waals surface area contributed by atoms with Gasteiger partial charge in [-0.25, -0.2) is 11.7 Å². The van der Waals surface area contributed by atoms with Crippen LogP contribution in [0.5, 0.6) is 0 Å². The monoisotopic (exact) mass is 557 g/mol. The molecule has 0 aromatic heterocycles. The Balaban J connectivity index is 2.65. The van der Waals surface area contributed by atoms with E-state index in [4.69, 9.17) is 17.6 Å². The van der Waals surface area contributed by atoms with Crippen molar-refractivity contribution < 1.29 is 27.9 Å². The molecule has 0 spiro atoms. The van der Waals surface area contributed by atoms with E-state index in [0.29, 0.717) is 39.1 Å². The average Bonchev–Trinajstić information content (AvgIpc) is 2.90. The Morgan fingerprint density at radius 3 is 2.51 bits per heavy atom. The number of hydrogen-bond donors (Lipinski definition) is 4. The summed E-state index contributed by atoms with van der Waals surface area (Å²) in [5.74, 6) is 15.4. The molecule has 1 rings (SSSR count). The molecule has 39 heavy (non-hydrogen) atoms. The van der Waals surface area contributed by atoms with Crippen molar-refractivity contribution in [2.45, 2.75) is 44.9 Å². The molecule has 220 valence electrons. The minimum absolute atomic E-state index is 0.00910. The number of piperazine rings is 1. The van der Waals surface area contributed by atoms with E-state index in [9.17, 15) is 23.1 Å². The highest BCUT2D eigenvalue weighted by Gasteiger charge is 2.39. The molecule has 2 unspecified atom stereocenters. The molecule has 7 N–H and O–H groups in total. The lowest BCUT2D eigenvalue weighted by atomic mass is 10.0. The molecule has 1 saturated heterocycles. The van der Waals surface area contributed by atoms with Gasteiger partial charge in [-0.15, -0.1) is 0 Å². The molecular weight excluding hydrogens is 515 g/mol. The summed E-state index contributed by atoms with van der Waals surface area (Å²) in [6.07, 6.45) is 7.36. The van der Waals surface area contributed by atoms with Crippen LogP contribution in [-0.2, 0) is 9.63 Å². The van der Waals surface area contributed by atoms with Gasteiger partial charge in [0.2, 0.25) is 5.91 Å². The third kappa shape index (κ3) is 14.1. The highest BCUT2D eigenvalue weighted by Crippen LogP contribution is 2.26. The molecule has 2 atom stereocenters. The largest absolute Gasteiger partial charge is 0.416 e. The summed E-state index contributed by atoms with van der Waals surface area (Å²) in [5.41, 5.74) is 1.61. The Morgan fingerprint density at radius 2 is 1.95 bits per heavy atom. The van der Waals surface area contributed by atoms with Gasteiger partial charge in [-0.1, -0.05) is 49.5 Å². The van der Waals surface area contributed by atoms with Gasteiger partial charge in [0.25, 0.3) is 0 Å². The summed E-state index contributed by atoms with van der Waals surface area (Å²) in [4.78, 5) is 20.9. The number of aliphatic hydroxyl groups is 1. The molecule has 1 aliphatic heterocycles. The number of halogens is 3. The van der Waals surface area contributed by atoms with E-state index < -0.39 is 12.3 Å². The third-order valence-electron chi connectivity index (χ3n) is 6.12. The van der Waals surface area contributed by atoms with Gasteiger partial charge in [0.1, 0.15) is 6.34 Å². The topological polar surface area (TPSA) is 147 Å². The number of rotatable bonds is 16. The molecule has 0 aromatic carbocycles. The number of hydrazine groups is 1. The lowest BCUT2D eigenvalue weighted by Gasteiger charge is -2.35. The van der Waals surface area contributed by atoms with Gasteiger partial charge in [0, 0.05) is 45.5 Å². The summed E-state index contributed by atoms with van der Waals surface area (Å²) >= 11 is 0. The molecule has 0 radical (unpaired) electrons. The van der Waals surface area contributed by atoms with Gasteiger partial charge in [-0.05, 0) is 36.8 Å². The van der Waals surface area contributed by atoms with Crippen molar-refractivity contribution in [2.75, 3.05) is 39.3 Å². The van der Waals surface area contributed by atoms with Gasteiger partial charge in [-0.3, -0.25) is 19.5 Å². The van der Waals surface area contributed by atoms with E-state index in [1.807, 2.05) is 19.1 Å². The van der Waals surface area contributed by atoms with Crippen LogP contribution in [0.15, 0.2) is 65.5 Å². The molecule has 1 fully saturated rings. The maximum absolute atomic E-state index is 12.9. The first-order chi connectivity index (χ1) is 18.5. The predicted octanol–water partition coefficient (Wildman–Crippen LogP) is 2.33. The van der Waals surface area contributed by atoms with Gasteiger partial charge in [-0.2, -0.15) is 18.3 Å². The third-order valence-corrected chi connectivity index (χ3v) is 6.12. The van der Waals surface area contributed by atoms with Crippen LogP contribution in [0.2, 0.25) is 0 Å². The summed E-state index contributed by atoms with van der Waals surface area (Å²) in [6, 6.07) is 0. The fraction of sp³-hybridized carbons (Fsp3) is 0.538. The Morgan fingerprint density at radius 1 is 1.26 bits per heavy atom. The summed E-state index contributed by atoms with van der Waals surface area (Å²) in [5, 5.41) is 13.8. The van der Waals surface area contributed by atoms with Crippen molar-refractivity contribution in [1.29, 1.82) is 0 Å². The van der Waals surface area contributed by atoms with Crippen LogP contribution < -0.4 is 17.6 Å². The second-order valence-corrected chi connectivity index (χ2v) is 9.19. The second kappa shape index (κ2) is 18.3. The Hall–Kier alpha value is -2.97. The van der Waals surface area contributed by atoms with E-state index in [1.165, 1.54) is 17.5 Å². The molecule has 1 aliphatic rings. The van der Waals surface area contributed by atoms with Gasteiger partial charge >= 0.3 is 6.18 Å². The molecule has 0 saturated carbocycles. The number of aliphatic hydroxyl groups excluding tert-OH is 1. The van der Waals surface area contributed by atoms with Crippen LogP contribution in [0.3, 0.4) is 0 Å². The van der Waals surface area contributed by atoms with E-state index in [2.05, 4.69) is 21.4 Å². The number of nitrogens with zero attached hydrogens (tertiary/aromatic N) is 4. The number of hydrazone groups is 1. The van der Waals surface area contributed by atoms with Crippen LogP contribution in [0.25, 0.3) is 0 Å². The van der Waals surface area contributed by atoms with Crippen molar-refractivity contribution in [3.63, 3.8) is 0 Å². The van der Waals surface area contributed by atoms with Crippen LogP contribution in [-0.4, -0.2) is 83.8 Å². The van der Waals surface area contributed by atoms with Crippen LogP contribution in [0.4, 0.5) is 13.2 Å². The molecule has 0 aliphatic carbocycles. The number of hydrogen-bond acceptors (Lipinski definition) is 8. The molecule has 1 heterocycles. The summed E-state index contributed by atoms with van der Waals surface area (Å²) < 4.78 is 38.7. The molecule has 0 aromatic rings. The van der Waals surface area contributed by atoms with Crippen LogP contribution in [0.1, 0.15) is 32.6 Å². The van der Waals surface area contributed by atoms with Crippen molar-refractivity contribution in [3.8, 4) is 0 Å². The van der Waals surface area contributed by atoms with Crippen molar-refractivity contribution in [2.24, 2.45) is 28.6 Å². The van der Waals surface area contributed by atoms with E-state index >= 15 is 0 Å². The first kappa shape index (κ1) is 34.1. The Labute approximate surface area is 228 Å². The first-order valence-corrected chi connectivity index (χ1v) is 12.7. The smallest absolute Gasteiger partial charge is 0.396 e. The van der Waals surface area contributed by atoms with Crippen molar-refractivity contribution in [1.82, 2.24) is 14.8 Å². The number of allylic oxidation sites excluding steroid dienone is 5. The fourth-order valence-electron chi connectivity index (χ4n) is 3.71. The normalized spacial score (nSPS) is 17.9. The average molecular weight is 558 g/mol. The molecular formula is C26H42F3N7O3. The molecule has 10 nitrogen and oxygen atoms in total. The van der Waals surface area contributed by atoms with E-state index in [0.717, 1.165) is 11.1 Å². The zero-order chi connectivity index (χ0) is 29.3. The molecule has 13 heteroatoms. The van der Waals surface area contributed by atoms with Crippen molar-refractivity contribution >= 4 is 12.2 Å². The summed E-state index contributed by atoms with van der Waals surface area (Å²) in [6.45, 7) is 8.77. The van der Waals surface area contributed by atoms with Crippen LogP contribution >= 0.6 is 0 Å². The number of amides is 1. The highest BCUT2D eigenvalue weighted by molar-refractivity contribution is 5.79. The zero-order valence-electron chi connectivity index (χ0n) is 22.5. The first-order valence-electron chi connectivity index (χ1n) is 12.7. The van der Waals surface area contributed by atoms with E-state index in [1.54, 1.807) is 29.2 Å². The van der Waals surface area contributed by atoms with E-state index in [-0.39, 0.29) is 37.7 Å². The van der Waals surface area contributed by atoms with Gasteiger partial charge in [0.05, 0.1) is 6.42 Å². The second-order valence-electron chi connectivity index (χ2n) is 9.19. The standard InChI is InChI=1S/C26H42F3N7O3/c1-3-22(7-5-12-36(31)20-33-30)18-25(38)35-16-14-34(15-17-35)13-11-23(10-9-21(2)19-37)6-4-8-24(39-32)26(27,28)29/h3,5-7,9-10,12,20-21,24,37H,1,4,8,11,13-19,30-32H2,2H3/b10-9-,12-5+,22-7+,23-6+,33-20-. The highest BCUT2D eigenvalue weighted by atomic mass is 19.4. The minimum Gasteiger partial charge on any atom is -0.396 e. The number of alkyl halides is 3. The minimum atomic E-state index is -4.52. The summed E-state index contributed by atoms with van der Waals surface area (Å²) in [7, 11) is 0.